The van der Waals surface area contributed by atoms with Crippen molar-refractivity contribution in [3.63, 3.8) is 0 Å². The van der Waals surface area contributed by atoms with E-state index in [4.69, 9.17) is 14.2 Å². The third-order valence-corrected chi connectivity index (χ3v) is 4.10. The van der Waals surface area contributed by atoms with Crippen LogP contribution in [-0.2, 0) is 20.9 Å². The van der Waals surface area contributed by atoms with Gasteiger partial charge in [0.1, 0.15) is 0 Å². The topological polar surface area (TPSA) is 106 Å². The standard InChI is InChI=1S/C16H20N2O6/c19-14(15(20)18-9-16(21)3-5-22-6-4-16)17-8-11-1-2-12-13(7-11)24-10-23-12/h1-2,7,21H,3-6,8-10H2,(H,17,19)(H,18,20). The fraction of sp³-hybridized carbons (Fsp3) is 0.500. The lowest BCUT2D eigenvalue weighted by Crippen LogP contribution is -2.49. The fourth-order valence-electron chi connectivity index (χ4n) is 2.57. The number of nitrogens with one attached hydrogen (secondary N) is 2. The Hall–Kier alpha value is -2.32. The highest BCUT2D eigenvalue weighted by atomic mass is 16.7. The number of carbonyl (C=O) groups is 2. The van der Waals surface area contributed by atoms with Gasteiger partial charge in [0.25, 0.3) is 0 Å². The summed E-state index contributed by atoms with van der Waals surface area (Å²) < 4.78 is 15.6. The molecule has 2 aliphatic rings. The first-order chi connectivity index (χ1) is 11.6. The molecule has 0 unspecified atom stereocenters. The van der Waals surface area contributed by atoms with Crippen LogP contribution >= 0.6 is 0 Å². The van der Waals surface area contributed by atoms with Gasteiger partial charge >= 0.3 is 11.8 Å². The molecule has 2 aliphatic heterocycles. The average Bonchev–Trinajstić information content (AvgIpc) is 3.06. The molecule has 1 aromatic rings. The van der Waals surface area contributed by atoms with Crippen molar-refractivity contribution in [2.75, 3.05) is 26.6 Å². The zero-order valence-corrected chi connectivity index (χ0v) is 13.2. The van der Waals surface area contributed by atoms with Crippen LogP contribution in [0.4, 0.5) is 0 Å². The van der Waals surface area contributed by atoms with Gasteiger partial charge in [0, 0.05) is 39.1 Å². The summed E-state index contributed by atoms with van der Waals surface area (Å²) >= 11 is 0. The number of hydrogen-bond donors (Lipinski definition) is 3. The maximum Gasteiger partial charge on any atom is 0.309 e. The van der Waals surface area contributed by atoms with Crippen molar-refractivity contribution in [1.29, 1.82) is 0 Å². The molecular weight excluding hydrogens is 316 g/mol. The molecule has 8 heteroatoms. The average molecular weight is 336 g/mol. The van der Waals surface area contributed by atoms with Gasteiger partial charge in [-0.1, -0.05) is 6.07 Å². The Kier molecular flexibility index (Phi) is 4.86. The molecule has 24 heavy (non-hydrogen) atoms. The number of hydrogen-bond acceptors (Lipinski definition) is 6. The Morgan fingerprint density at radius 2 is 1.79 bits per heavy atom. The SMILES string of the molecule is O=C(NCc1ccc2c(c1)OCO2)C(=O)NCC1(O)CCOCC1. The lowest BCUT2D eigenvalue weighted by atomic mass is 9.94. The summed E-state index contributed by atoms with van der Waals surface area (Å²) in [5.74, 6) is -0.237. The van der Waals surface area contributed by atoms with E-state index in [1.54, 1.807) is 18.2 Å². The normalized spacial score (nSPS) is 18.0. The summed E-state index contributed by atoms with van der Waals surface area (Å²) in [6.07, 6.45) is 0.873. The van der Waals surface area contributed by atoms with Crippen LogP contribution < -0.4 is 20.1 Å². The van der Waals surface area contributed by atoms with Crippen LogP contribution in [0.3, 0.4) is 0 Å². The summed E-state index contributed by atoms with van der Waals surface area (Å²) in [6, 6.07) is 5.30. The maximum absolute atomic E-state index is 11.8. The largest absolute Gasteiger partial charge is 0.454 e. The molecule has 3 N–H and O–H groups in total. The Labute approximate surface area is 139 Å². The van der Waals surface area contributed by atoms with Crippen molar-refractivity contribution in [3.05, 3.63) is 23.8 Å². The first-order valence-corrected chi connectivity index (χ1v) is 7.80. The maximum atomic E-state index is 11.8. The van der Waals surface area contributed by atoms with Gasteiger partial charge in [-0.15, -0.1) is 0 Å². The van der Waals surface area contributed by atoms with E-state index in [1.807, 2.05) is 0 Å². The zero-order valence-electron chi connectivity index (χ0n) is 13.2. The van der Waals surface area contributed by atoms with E-state index in [2.05, 4.69) is 10.6 Å². The Balaban J connectivity index is 1.45. The minimum atomic E-state index is -1.01. The van der Waals surface area contributed by atoms with Gasteiger partial charge in [0.05, 0.1) is 5.60 Å². The highest BCUT2D eigenvalue weighted by molar-refractivity contribution is 6.35. The first kappa shape index (κ1) is 16.5. The van der Waals surface area contributed by atoms with Crippen molar-refractivity contribution >= 4 is 11.8 Å². The third-order valence-electron chi connectivity index (χ3n) is 4.10. The molecular formula is C16H20N2O6. The molecule has 0 radical (unpaired) electrons. The highest BCUT2D eigenvalue weighted by Gasteiger charge is 2.30. The van der Waals surface area contributed by atoms with Crippen LogP contribution in [0.2, 0.25) is 0 Å². The van der Waals surface area contributed by atoms with Crippen molar-refractivity contribution in [1.82, 2.24) is 10.6 Å². The predicted molar refractivity (Wildman–Crippen MR) is 82.4 cm³/mol. The molecule has 3 rings (SSSR count). The van der Waals surface area contributed by atoms with Gasteiger partial charge in [-0.25, -0.2) is 0 Å². The predicted octanol–water partition coefficient (Wildman–Crippen LogP) is -0.311. The van der Waals surface area contributed by atoms with E-state index in [0.717, 1.165) is 5.56 Å². The van der Waals surface area contributed by atoms with Crippen LogP contribution in [0.5, 0.6) is 11.5 Å². The van der Waals surface area contributed by atoms with Crippen molar-refractivity contribution in [3.8, 4) is 11.5 Å². The number of amides is 2. The van der Waals surface area contributed by atoms with Crippen LogP contribution in [0.1, 0.15) is 18.4 Å². The molecule has 1 fully saturated rings. The molecule has 8 nitrogen and oxygen atoms in total. The second-order valence-corrected chi connectivity index (χ2v) is 5.89. The number of ether oxygens (including phenoxy) is 3. The number of aliphatic hydroxyl groups is 1. The van der Waals surface area contributed by atoms with E-state index in [1.165, 1.54) is 0 Å². The highest BCUT2D eigenvalue weighted by Crippen LogP contribution is 2.32. The lowest BCUT2D eigenvalue weighted by Gasteiger charge is -2.31. The molecule has 0 aliphatic carbocycles. The van der Waals surface area contributed by atoms with E-state index in [0.29, 0.717) is 37.6 Å². The molecule has 0 bridgehead atoms. The summed E-state index contributed by atoms with van der Waals surface area (Å²) in [6.45, 7) is 1.31. The fourth-order valence-corrected chi connectivity index (χ4v) is 2.57. The smallest absolute Gasteiger partial charge is 0.309 e. The van der Waals surface area contributed by atoms with E-state index in [9.17, 15) is 14.7 Å². The Morgan fingerprint density at radius 3 is 2.58 bits per heavy atom. The zero-order chi connectivity index (χ0) is 17.0. The van der Waals surface area contributed by atoms with Crippen LogP contribution in [0.25, 0.3) is 0 Å². The molecule has 1 saturated heterocycles. The van der Waals surface area contributed by atoms with Gasteiger partial charge in [-0.3, -0.25) is 9.59 Å². The Bertz CT molecular complexity index is 627. The first-order valence-electron chi connectivity index (χ1n) is 7.80. The number of fused-ring (bicyclic) bond motifs is 1. The van der Waals surface area contributed by atoms with Crippen molar-refractivity contribution in [2.24, 2.45) is 0 Å². The molecule has 0 atom stereocenters. The van der Waals surface area contributed by atoms with E-state index in [-0.39, 0.29) is 19.9 Å². The number of rotatable bonds is 4. The lowest BCUT2D eigenvalue weighted by molar-refractivity contribution is -0.140. The van der Waals surface area contributed by atoms with Crippen molar-refractivity contribution in [2.45, 2.75) is 25.0 Å². The van der Waals surface area contributed by atoms with Crippen LogP contribution in [0, 0.1) is 0 Å². The summed E-state index contributed by atoms with van der Waals surface area (Å²) in [7, 11) is 0. The van der Waals surface area contributed by atoms with E-state index >= 15 is 0 Å². The van der Waals surface area contributed by atoms with Gasteiger partial charge < -0.3 is 30.0 Å². The second-order valence-electron chi connectivity index (χ2n) is 5.89. The number of carbonyl (C=O) groups excluding carboxylic acids is 2. The monoisotopic (exact) mass is 336 g/mol. The van der Waals surface area contributed by atoms with Crippen molar-refractivity contribution < 1.29 is 28.9 Å². The minimum absolute atomic E-state index is 0.0344. The molecule has 1 aromatic carbocycles. The van der Waals surface area contributed by atoms with Gasteiger partial charge in [-0.2, -0.15) is 0 Å². The molecule has 2 amide bonds. The van der Waals surface area contributed by atoms with Gasteiger partial charge in [0.15, 0.2) is 11.5 Å². The quantitative estimate of drug-likeness (QED) is 0.651. The molecule has 2 heterocycles. The summed E-state index contributed by atoms with van der Waals surface area (Å²) in [5, 5.41) is 15.3. The molecule has 0 saturated carbocycles. The Morgan fingerprint density at radius 1 is 1.08 bits per heavy atom. The van der Waals surface area contributed by atoms with Gasteiger partial charge in [0.2, 0.25) is 6.79 Å². The summed E-state index contributed by atoms with van der Waals surface area (Å²) in [5.41, 5.74) is -0.214. The van der Waals surface area contributed by atoms with Crippen LogP contribution in [0.15, 0.2) is 18.2 Å². The van der Waals surface area contributed by atoms with Crippen LogP contribution in [-0.4, -0.2) is 49.1 Å². The molecule has 130 valence electrons. The third kappa shape index (κ3) is 3.95. The summed E-state index contributed by atoms with van der Waals surface area (Å²) in [4.78, 5) is 23.7. The molecule has 0 spiro atoms. The van der Waals surface area contributed by atoms with E-state index < -0.39 is 17.4 Å². The second kappa shape index (κ2) is 7.06. The number of benzene rings is 1. The molecule has 0 aromatic heterocycles. The minimum Gasteiger partial charge on any atom is -0.454 e. The van der Waals surface area contributed by atoms with Gasteiger partial charge in [-0.05, 0) is 17.7 Å².